The van der Waals surface area contributed by atoms with E-state index in [9.17, 15) is 0 Å². The lowest BCUT2D eigenvalue weighted by molar-refractivity contribution is 0.0815. The Kier molecular flexibility index (Phi) is 3.93. The van der Waals surface area contributed by atoms with Crippen LogP contribution in [0.3, 0.4) is 0 Å². The Hall–Kier alpha value is 0.331. The van der Waals surface area contributed by atoms with Crippen LogP contribution in [0.2, 0.25) is 13.1 Å². The molecule has 0 unspecified atom stereocenters. The Morgan fingerprint density at radius 2 is 0.923 bits per heavy atom. The van der Waals surface area contributed by atoms with E-state index < -0.39 is 26.7 Å². The average molecular weight is 248 g/mol. The summed E-state index contributed by atoms with van der Waals surface area (Å²) in [7, 11) is -12.9. The quantitative estimate of drug-likeness (QED) is 0.282. The molecule has 0 radical (unpaired) electrons. The lowest BCUT2D eigenvalue weighted by Crippen LogP contribution is -2.57. The number of rotatable bonds is 4. The molecule has 0 bridgehead atoms. The molecule has 80 valence electrons. The molecule has 0 aliphatic carbocycles. The van der Waals surface area contributed by atoms with Crippen molar-refractivity contribution in [3.63, 3.8) is 0 Å². The highest BCUT2D eigenvalue weighted by Crippen LogP contribution is 2.12. The Morgan fingerprint density at radius 1 is 0.692 bits per heavy atom. The molecule has 6 N–H and O–H groups in total. The molecule has 8 nitrogen and oxygen atoms in total. The largest absolute Gasteiger partial charge is 0.662 e. The fourth-order valence-electron chi connectivity index (χ4n) is 0.680. The number of hydrogen-bond donors (Lipinski definition) is 6. The van der Waals surface area contributed by atoms with Gasteiger partial charge in [0.2, 0.25) is 0 Å². The van der Waals surface area contributed by atoms with Crippen molar-refractivity contribution in [1.82, 2.24) is 0 Å². The van der Waals surface area contributed by atoms with E-state index in [1.165, 1.54) is 13.1 Å². The van der Waals surface area contributed by atoms with Gasteiger partial charge in [-0.2, -0.15) is 0 Å². The molecule has 0 aromatic rings. The maximum absolute atomic E-state index is 8.50. The van der Waals surface area contributed by atoms with Gasteiger partial charge < -0.3 is 37.0 Å². The van der Waals surface area contributed by atoms with Crippen LogP contribution in [0.25, 0.3) is 0 Å². The standard InChI is InChI=1S/C2H12O8Si3/c1-11(2,9-12(3,4)5)10-13(6,7)8/h3-8H,1-2H3. The topological polar surface area (TPSA) is 140 Å². The highest BCUT2D eigenvalue weighted by molar-refractivity contribution is 6.78. The minimum absolute atomic E-state index is 1.20. The van der Waals surface area contributed by atoms with Gasteiger partial charge in [-0.3, -0.25) is 0 Å². The summed E-state index contributed by atoms with van der Waals surface area (Å²) in [5.41, 5.74) is 0. The van der Waals surface area contributed by atoms with E-state index in [1.54, 1.807) is 0 Å². The normalized spacial score (nSPS) is 14.8. The van der Waals surface area contributed by atoms with Crippen molar-refractivity contribution in [2.75, 3.05) is 0 Å². The van der Waals surface area contributed by atoms with Gasteiger partial charge in [0.05, 0.1) is 0 Å². The molecular formula is C2H12O8Si3. The maximum Gasteiger partial charge on any atom is 0.662 e. The zero-order valence-electron chi connectivity index (χ0n) is 7.00. The van der Waals surface area contributed by atoms with Crippen molar-refractivity contribution in [2.45, 2.75) is 13.1 Å². The smallest absolute Gasteiger partial charge is 0.371 e. The summed E-state index contributed by atoms with van der Waals surface area (Å²) in [6, 6.07) is 0. The second-order valence-corrected chi connectivity index (χ2v) is 9.48. The fraction of sp³-hybridized carbons (Fsp3) is 1.00. The second kappa shape index (κ2) is 3.83. The molecule has 0 saturated heterocycles. The van der Waals surface area contributed by atoms with E-state index >= 15 is 0 Å². The van der Waals surface area contributed by atoms with Gasteiger partial charge in [-0.25, -0.2) is 0 Å². The lowest BCUT2D eigenvalue weighted by Gasteiger charge is -2.27. The summed E-state index contributed by atoms with van der Waals surface area (Å²) < 4.78 is 8.56. The van der Waals surface area contributed by atoms with E-state index in [1.807, 2.05) is 0 Å². The minimum Gasteiger partial charge on any atom is -0.371 e. The van der Waals surface area contributed by atoms with E-state index in [4.69, 9.17) is 28.8 Å². The first kappa shape index (κ1) is 13.3. The molecule has 0 heterocycles. The molecule has 0 fully saturated rings. The van der Waals surface area contributed by atoms with Gasteiger partial charge >= 0.3 is 26.7 Å². The van der Waals surface area contributed by atoms with Gasteiger partial charge in [0, 0.05) is 0 Å². The molecule has 0 rings (SSSR count). The van der Waals surface area contributed by atoms with Crippen LogP contribution in [0.4, 0.5) is 0 Å². The summed E-state index contributed by atoms with van der Waals surface area (Å²) in [5.74, 6) is 0. The van der Waals surface area contributed by atoms with Crippen LogP contribution in [0.5, 0.6) is 0 Å². The zero-order valence-corrected chi connectivity index (χ0v) is 10.00. The van der Waals surface area contributed by atoms with Crippen molar-refractivity contribution >= 4 is 26.7 Å². The first-order chi connectivity index (χ1) is 5.41. The van der Waals surface area contributed by atoms with Crippen molar-refractivity contribution < 1.29 is 37.0 Å². The summed E-state index contributed by atoms with van der Waals surface area (Å²) in [4.78, 5) is 51.0. The van der Waals surface area contributed by atoms with E-state index in [0.29, 0.717) is 0 Å². The van der Waals surface area contributed by atoms with Crippen molar-refractivity contribution in [1.29, 1.82) is 0 Å². The Labute approximate surface area is 77.5 Å². The molecule has 0 aromatic heterocycles. The van der Waals surface area contributed by atoms with Crippen LogP contribution in [-0.4, -0.2) is 55.4 Å². The molecule has 13 heavy (non-hydrogen) atoms. The monoisotopic (exact) mass is 248 g/mol. The summed E-state index contributed by atoms with van der Waals surface area (Å²) in [6.07, 6.45) is 0. The third kappa shape index (κ3) is 8.66. The highest BCUT2D eigenvalue weighted by Gasteiger charge is 2.47. The van der Waals surface area contributed by atoms with Gasteiger partial charge in [-0.05, 0) is 13.1 Å². The predicted molar refractivity (Wildman–Crippen MR) is 44.5 cm³/mol. The van der Waals surface area contributed by atoms with Crippen LogP contribution in [0.1, 0.15) is 0 Å². The molecule has 0 aliphatic rings. The lowest BCUT2D eigenvalue weighted by atomic mass is 11.9. The highest BCUT2D eigenvalue weighted by atomic mass is 28.5. The molecular weight excluding hydrogens is 236 g/mol. The molecule has 0 saturated carbocycles. The molecule has 0 aliphatic heterocycles. The average Bonchev–Trinajstić information content (AvgIpc) is 1.43. The van der Waals surface area contributed by atoms with Crippen LogP contribution < -0.4 is 0 Å². The van der Waals surface area contributed by atoms with Gasteiger partial charge in [-0.15, -0.1) is 0 Å². The fourth-order valence-corrected chi connectivity index (χ4v) is 6.50. The molecule has 0 atom stereocenters. The Balaban J connectivity index is 4.25. The van der Waals surface area contributed by atoms with Crippen LogP contribution in [0, 0.1) is 0 Å². The Bertz CT molecular complexity index is 149. The molecule has 0 aromatic carbocycles. The van der Waals surface area contributed by atoms with Crippen LogP contribution in [-0.2, 0) is 8.23 Å². The first-order valence-electron chi connectivity index (χ1n) is 3.16. The van der Waals surface area contributed by atoms with Gasteiger partial charge in [-0.1, -0.05) is 0 Å². The Morgan fingerprint density at radius 3 is 1.08 bits per heavy atom. The SMILES string of the molecule is C[Si](C)(O[Si](O)(O)O)O[Si](O)(O)O. The van der Waals surface area contributed by atoms with Crippen molar-refractivity contribution in [3.8, 4) is 0 Å². The van der Waals surface area contributed by atoms with Gasteiger partial charge in [0.1, 0.15) is 0 Å². The van der Waals surface area contributed by atoms with Gasteiger partial charge in [0.25, 0.3) is 0 Å². The summed E-state index contributed by atoms with van der Waals surface area (Å²) >= 11 is 0. The summed E-state index contributed by atoms with van der Waals surface area (Å²) in [6.45, 7) is 2.39. The van der Waals surface area contributed by atoms with Gasteiger partial charge in [0.15, 0.2) is 0 Å². The number of hydrogen-bond acceptors (Lipinski definition) is 8. The minimum atomic E-state index is -4.77. The third-order valence-corrected chi connectivity index (χ3v) is 6.89. The second-order valence-electron chi connectivity index (χ2n) is 2.75. The summed E-state index contributed by atoms with van der Waals surface area (Å²) in [5, 5.41) is 0. The molecule has 0 spiro atoms. The van der Waals surface area contributed by atoms with Crippen LogP contribution in [0.15, 0.2) is 0 Å². The van der Waals surface area contributed by atoms with E-state index in [2.05, 4.69) is 8.23 Å². The molecule has 0 amide bonds. The molecule has 11 heteroatoms. The van der Waals surface area contributed by atoms with Crippen molar-refractivity contribution in [3.05, 3.63) is 0 Å². The van der Waals surface area contributed by atoms with E-state index in [-0.39, 0.29) is 0 Å². The van der Waals surface area contributed by atoms with Crippen molar-refractivity contribution in [2.24, 2.45) is 0 Å². The van der Waals surface area contributed by atoms with Crippen LogP contribution >= 0.6 is 0 Å². The maximum atomic E-state index is 8.50. The van der Waals surface area contributed by atoms with E-state index in [0.717, 1.165) is 0 Å². The predicted octanol–water partition coefficient (Wildman–Crippen LogP) is -3.45. The third-order valence-electron chi connectivity index (χ3n) is 0.765. The zero-order chi connectivity index (χ0) is 10.9. The first-order valence-corrected chi connectivity index (χ1v) is 9.47.